The first kappa shape index (κ1) is 16.0. The van der Waals surface area contributed by atoms with Crippen LogP contribution >= 0.6 is 0 Å². The van der Waals surface area contributed by atoms with E-state index in [1.54, 1.807) is 0 Å². The highest BCUT2D eigenvalue weighted by molar-refractivity contribution is 5.86. The maximum absolute atomic E-state index is 12.2. The first-order chi connectivity index (χ1) is 12.8. The van der Waals surface area contributed by atoms with E-state index < -0.39 is 0 Å². The lowest BCUT2D eigenvalue weighted by Crippen LogP contribution is -2.25. The molecule has 6 nitrogen and oxygen atoms in total. The maximum Gasteiger partial charge on any atom is 0.226 e. The van der Waals surface area contributed by atoms with Crippen LogP contribution in [0.25, 0.3) is 22.2 Å². The van der Waals surface area contributed by atoms with E-state index in [1.807, 2.05) is 60.7 Å². The number of carbonyl (C=O) groups excluding carboxylic acids is 1. The molecule has 0 saturated carbocycles. The Labute approximate surface area is 149 Å². The molecule has 26 heavy (non-hydrogen) atoms. The fraction of sp³-hybridized carbons (Fsp3) is 0.100. The van der Waals surface area contributed by atoms with Crippen LogP contribution in [-0.4, -0.2) is 21.0 Å². The number of hydrogen-bond donors (Lipinski definition) is 1. The number of carbonyl (C=O) groups is 1. The van der Waals surface area contributed by atoms with Gasteiger partial charge in [0.05, 0.1) is 24.4 Å². The molecule has 1 amide bonds. The lowest BCUT2D eigenvalue weighted by Gasteiger charge is -2.06. The van der Waals surface area contributed by atoms with Crippen molar-refractivity contribution in [1.82, 2.24) is 20.4 Å². The van der Waals surface area contributed by atoms with Gasteiger partial charge in [-0.2, -0.15) is 0 Å². The number of para-hydroxylation sites is 1. The van der Waals surface area contributed by atoms with Gasteiger partial charge >= 0.3 is 0 Å². The second-order valence-corrected chi connectivity index (χ2v) is 5.84. The summed E-state index contributed by atoms with van der Waals surface area (Å²) in [7, 11) is 0. The Hall–Kier alpha value is -3.54. The highest BCUT2D eigenvalue weighted by atomic mass is 16.5. The van der Waals surface area contributed by atoms with Crippen LogP contribution in [0.3, 0.4) is 0 Å². The molecule has 0 aliphatic heterocycles. The highest BCUT2D eigenvalue weighted by Crippen LogP contribution is 2.18. The Morgan fingerprint density at radius 2 is 1.81 bits per heavy atom. The van der Waals surface area contributed by atoms with Crippen LogP contribution < -0.4 is 5.32 Å². The molecular formula is C20H16N4O2. The lowest BCUT2D eigenvalue weighted by molar-refractivity contribution is -0.120. The summed E-state index contributed by atoms with van der Waals surface area (Å²) >= 11 is 0. The second kappa shape index (κ2) is 7.14. The number of rotatable bonds is 5. The normalized spacial score (nSPS) is 10.8. The molecule has 2 aromatic heterocycles. The number of benzene rings is 2. The van der Waals surface area contributed by atoms with Crippen LogP contribution in [0.2, 0.25) is 0 Å². The Bertz CT molecular complexity index is 1040. The summed E-state index contributed by atoms with van der Waals surface area (Å²) < 4.78 is 5.23. The van der Waals surface area contributed by atoms with Crippen molar-refractivity contribution in [3.05, 3.63) is 78.4 Å². The number of nitrogens with one attached hydrogen (secondary N) is 1. The Kier molecular flexibility index (Phi) is 4.38. The summed E-state index contributed by atoms with van der Waals surface area (Å²) in [5.41, 5.74) is 3.89. The van der Waals surface area contributed by atoms with Gasteiger partial charge in [0.25, 0.3) is 0 Å². The smallest absolute Gasteiger partial charge is 0.226 e. The molecule has 128 valence electrons. The number of amides is 1. The number of fused-ring (bicyclic) bond motifs is 1. The van der Waals surface area contributed by atoms with Crippen LogP contribution in [0, 0.1) is 0 Å². The molecule has 0 aliphatic rings. The monoisotopic (exact) mass is 344 g/mol. The minimum absolute atomic E-state index is 0.135. The summed E-state index contributed by atoms with van der Waals surface area (Å²) in [6.07, 6.45) is 1.67. The van der Waals surface area contributed by atoms with Gasteiger partial charge < -0.3 is 9.84 Å². The Morgan fingerprint density at radius 3 is 2.69 bits per heavy atom. The molecule has 0 aliphatic carbocycles. The Balaban J connectivity index is 1.42. The van der Waals surface area contributed by atoms with Crippen molar-refractivity contribution in [2.75, 3.05) is 0 Å². The van der Waals surface area contributed by atoms with Gasteiger partial charge in [-0.15, -0.1) is 0 Å². The lowest BCUT2D eigenvalue weighted by atomic mass is 10.1. The summed E-state index contributed by atoms with van der Waals surface area (Å²) in [6.45, 7) is 0.330. The molecule has 0 unspecified atom stereocenters. The van der Waals surface area contributed by atoms with Gasteiger partial charge in [-0.1, -0.05) is 47.6 Å². The van der Waals surface area contributed by atoms with Crippen molar-refractivity contribution in [3.63, 3.8) is 0 Å². The average molecular weight is 344 g/mol. The van der Waals surface area contributed by atoms with E-state index in [0.717, 1.165) is 22.3 Å². The number of aromatic nitrogens is 3. The van der Waals surface area contributed by atoms with E-state index in [4.69, 9.17) is 4.52 Å². The topological polar surface area (TPSA) is 80.9 Å². The summed E-state index contributed by atoms with van der Waals surface area (Å²) in [4.78, 5) is 20.8. The van der Waals surface area contributed by atoms with Crippen LogP contribution in [0.15, 0.2) is 71.5 Å². The minimum Gasteiger partial charge on any atom is -0.356 e. The highest BCUT2D eigenvalue weighted by Gasteiger charge is 2.12. The summed E-state index contributed by atoms with van der Waals surface area (Å²) in [5.74, 6) is -0.135. The molecule has 4 aromatic rings. The van der Waals surface area contributed by atoms with E-state index in [9.17, 15) is 4.79 Å². The van der Waals surface area contributed by atoms with Gasteiger partial charge in [-0.3, -0.25) is 4.79 Å². The van der Waals surface area contributed by atoms with Gasteiger partial charge in [0.2, 0.25) is 5.91 Å². The summed E-state index contributed by atoms with van der Waals surface area (Å²) in [5, 5.41) is 7.71. The Morgan fingerprint density at radius 1 is 1.00 bits per heavy atom. The second-order valence-electron chi connectivity index (χ2n) is 5.84. The van der Waals surface area contributed by atoms with Gasteiger partial charge in [0.1, 0.15) is 12.0 Å². The first-order valence-electron chi connectivity index (χ1n) is 8.26. The van der Waals surface area contributed by atoms with E-state index in [-0.39, 0.29) is 12.3 Å². The van der Waals surface area contributed by atoms with Gasteiger partial charge in [-0.25, -0.2) is 9.97 Å². The standard InChI is InChI=1S/C20H16N4O2/c25-20(11-18-16-8-4-5-9-19(16)26-24-18)21-12-15-10-17(23-13-22-15)14-6-2-1-3-7-14/h1-10,13H,11-12H2,(H,21,25). The number of hydrogen-bond acceptors (Lipinski definition) is 5. The zero-order chi connectivity index (χ0) is 17.8. The van der Waals surface area contributed by atoms with Gasteiger partial charge in [0.15, 0.2) is 5.58 Å². The molecule has 0 atom stereocenters. The third-order valence-electron chi connectivity index (χ3n) is 4.04. The molecule has 0 spiro atoms. The van der Waals surface area contributed by atoms with E-state index in [2.05, 4.69) is 20.4 Å². The molecule has 0 saturated heterocycles. The zero-order valence-corrected chi connectivity index (χ0v) is 13.9. The van der Waals surface area contributed by atoms with Crippen molar-refractivity contribution in [3.8, 4) is 11.3 Å². The molecule has 4 rings (SSSR count). The first-order valence-corrected chi connectivity index (χ1v) is 8.26. The van der Waals surface area contributed by atoms with Crippen LogP contribution in [0.5, 0.6) is 0 Å². The largest absolute Gasteiger partial charge is 0.356 e. The molecule has 0 fully saturated rings. The van der Waals surface area contributed by atoms with Crippen molar-refractivity contribution in [2.24, 2.45) is 0 Å². The molecule has 1 N–H and O–H groups in total. The predicted octanol–water partition coefficient (Wildman–Crippen LogP) is 3.14. The summed E-state index contributed by atoms with van der Waals surface area (Å²) in [6, 6.07) is 19.2. The fourth-order valence-electron chi connectivity index (χ4n) is 2.73. The van der Waals surface area contributed by atoms with Gasteiger partial charge in [-0.05, 0) is 18.2 Å². The van der Waals surface area contributed by atoms with Crippen molar-refractivity contribution in [2.45, 2.75) is 13.0 Å². The van der Waals surface area contributed by atoms with E-state index in [1.165, 1.54) is 6.33 Å². The minimum atomic E-state index is -0.135. The van der Waals surface area contributed by atoms with E-state index >= 15 is 0 Å². The van der Waals surface area contributed by atoms with E-state index in [0.29, 0.717) is 17.8 Å². The van der Waals surface area contributed by atoms with Gasteiger partial charge in [0, 0.05) is 10.9 Å². The fourth-order valence-corrected chi connectivity index (χ4v) is 2.73. The zero-order valence-electron chi connectivity index (χ0n) is 13.9. The van der Waals surface area contributed by atoms with Crippen LogP contribution in [-0.2, 0) is 17.8 Å². The molecular weight excluding hydrogens is 328 g/mol. The molecule has 2 heterocycles. The average Bonchev–Trinajstić information content (AvgIpc) is 3.10. The van der Waals surface area contributed by atoms with Crippen LogP contribution in [0.4, 0.5) is 0 Å². The van der Waals surface area contributed by atoms with Crippen molar-refractivity contribution in [1.29, 1.82) is 0 Å². The van der Waals surface area contributed by atoms with Crippen molar-refractivity contribution >= 4 is 16.9 Å². The van der Waals surface area contributed by atoms with Crippen LogP contribution in [0.1, 0.15) is 11.4 Å². The quantitative estimate of drug-likeness (QED) is 0.601. The molecule has 0 radical (unpaired) electrons. The molecule has 0 bridgehead atoms. The molecule has 6 heteroatoms. The van der Waals surface area contributed by atoms with Crippen molar-refractivity contribution < 1.29 is 9.32 Å². The molecule has 2 aromatic carbocycles. The maximum atomic E-state index is 12.2. The third-order valence-corrected chi connectivity index (χ3v) is 4.04. The third kappa shape index (κ3) is 3.44. The SMILES string of the molecule is O=C(Cc1noc2ccccc12)NCc1cc(-c2ccccc2)ncn1. The predicted molar refractivity (Wildman–Crippen MR) is 97.0 cm³/mol. The number of nitrogens with zero attached hydrogens (tertiary/aromatic N) is 3.